The molecule has 1 aliphatic heterocycles. The van der Waals surface area contributed by atoms with Gasteiger partial charge in [-0.3, -0.25) is 0 Å². The maximum Gasteiger partial charge on any atom is 0.418 e. The summed E-state index contributed by atoms with van der Waals surface area (Å²) in [5, 5.41) is -0.316. The van der Waals surface area contributed by atoms with Crippen LogP contribution in [0.1, 0.15) is 24.8 Å². The molecular weight excluding hydrogens is 317 g/mol. The zero-order chi connectivity index (χ0) is 16.0. The molecule has 1 aliphatic carbocycles. The molecule has 1 saturated carbocycles. The number of nitrogens with zero attached hydrogens (tertiary/aromatic N) is 1. The summed E-state index contributed by atoms with van der Waals surface area (Å²) in [7, 11) is -3.31. The van der Waals surface area contributed by atoms with Crippen LogP contribution in [0.2, 0.25) is 0 Å². The van der Waals surface area contributed by atoms with Crippen LogP contribution in [0.25, 0.3) is 0 Å². The summed E-state index contributed by atoms with van der Waals surface area (Å²) in [5.74, 6) is 0. The molecule has 122 valence electrons. The number of anilines is 1. The number of sulfonamides is 1. The van der Waals surface area contributed by atoms with Gasteiger partial charge in [-0.05, 0) is 31.4 Å². The Balaban J connectivity index is 1.73. The number of hydrogen-bond acceptors (Lipinski definition) is 3. The highest BCUT2D eigenvalue weighted by Gasteiger charge is 2.40. The minimum atomic E-state index is -4.41. The normalized spacial score (nSPS) is 23.0. The standard InChI is InChI=1S/C14H17F3N2O2S/c15-14(16,17)12-3-1-2-4-13(12)19-8-7-10(9-19)18-22(20,21)11-5-6-11/h1-4,10-11,18H,5-9H2. The van der Waals surface area contributed by atoms with E-state index in [1.54, 1.807) is 11.0 Å². The highest BCUT2D eigenvalue weighted by Crippen LogP contribution is 2.37. The van der Waals surface area contributed by atoms with Crippen molar-refractivity contribution in [3.05, 3.63) is 29.8 Å². The van der Waals surface area contributed by atoms with Crippen molar-refractivity contribution in [2.75, 3.05) is 18.0 Å². The van der Waals surface area contributed by atoms with Crippen molar-refractivity contribution in [2.45, 2.75) is 36.7 Å². The third-order valence-electron chi connectivity index (χ3n) is 4.03. The van der Waals surface area contributed by atoms with Crippen LogP contribution in [-0.2, 0) is 16.2 Å². The van der Waals surface area contributed by atoms with E-state index in [0.717, 1.165) is 6.07 Å². The molecule has 1 aromatic carbocycles. The van der Waals surface area contributed by atoms with Gasteiger partial charge >= 0.3 is 6.18 Å². The Kier molecular flexibility index (Phi) is 3.84. The lowest BCUT2D eigenvalue weighted by Crippen LogP contribution is -2.39. The Morgan fingerprint density at radius 1 is 1.14 bits per heavy atom. The second-order valence-electron chi connectivity index (χ2n) is 5.81. The largest absolute Gasteiger partial charge is 0.418 e. The van der Waals surface area contributed by atoms with Crippen molar-refractivity contribution in [1.29, 1.82) is 0 Å². The first kappa shape index (κ1) is 15.6. The number of para-hydroxylation sites is 1. The Morgan fingerprint density at radius 3 is 2.45 bits per heavy atom. The van der Waals surface area contributed by atoms with Gasteiger partial charge in [0.25, 0.3) is 0 Å². The van der Waals surface area contributed by atoms with Crippen molar-refractivity contribution in [2.24, 2.45) is 0 Å². The molecule has 0 bridgehead atoms. The number of alkyl halides is 3. The molecule has 1 unspecified atom stereocenters. The molecule has 1 saturated heterocycles. The molecule has 1 N–H and O–H groups in total. The average Bonchev–Trinajstić information content (AvgIpc) is 3.20. The molecule has 2 aliphatic rings. The van der Waals surface area contributed by atoms with Gasteiger partial charge in [-0.2, -0.15) is 13.2 Å². The Labute approximate surface area is 127 Å². The minimum Gasteiger partial charge on any atom is -0.369 e. The van der Waals surface area contributed by atoms with Gasteiger partial charge in [0.2, 0.25) is 10.0 Å². The van der Waals surface area contributed by atoms with E-state index in [1.165, 1.54) is 12.1 Å². The number of hydrogen-bond donors (Lipinski definition) is 1. The highest BCUT2D eigenvalue weighted by molar-refractivity contribution is 7.90. The van der Waals surface area contributed by atoms with Crippen LogP contribution >= 0.6 is 0 Å². The summed E-state index contributed by atoms with van der Waals surface area (Å²) in [4.78, 5) is 1.60. The summed E-state index contributed by atoms with van der Waals surface area (Å²) in [5.41, 5.74) is -0.566. The van der Waals surface area contributed by atoms with Crippen LogP contribution in [0.15, 0.2) is 24.3 Å². The van der Waals surface area contributed by atoms with Gasteiger partial charge in [-0.25, -0.2) is 13.1 Å². The van der Waals surface area contributed by atoms with Gasteiger partial charge in [0.05, 0.1) is 10.8 Å². The number of benzene rings is 1. The molecule has 22 heavy (non-hydrogen) atoms. The molecule has 3 rings (SSSR count). The number of rotatable bonds is 4. The van der Waals surface area contributed by atoms with Crippen LogP contribution in [0.5, 0.6) is 0 Å². The first-order valence-corrected chi connectivity index (χ1v) is 8.74. The summed E-state index contributed by atoms with van der Waals surface area (Å²) in [6, 6.07) is 5.08. The van der Waals surface area contributed by atoms with Gasteiger partial charge in [-0.15, -0.1) is 0 Å². The molecule has 1 aromatic rings. The lowest BCUT2D eigenvalue weighted by atomic mass is 10.1. The van der Waals surface area contributed by atoms with E-state index >= 15 is 0 Å². The van der Waals surface area contributed by atoms with Crippen molar-refractivity contribution in [3.63, 3.8) is 0 Å². The minimum absolute atomic E-state index is 0.114. The molecule has 2 fully saturated rings. The van der Waals surface area contributed by atoms with E-state index in [1.807, 2.05) is 0 Å². The summed E-state index contributed by atoms with van der Waals surface area (Å²) in [6.45, 7) is 0.671. The highest BCUT2D eigenvalue weighted by atomic mass is 32.2. The third kappa shape index (κ3) is 3.22. The van der Waals surface area contributed by atoms with E-state index in [4.69, 9.17) is 0 Å². The van der Waals surface area contributed by atoms with Crippen LogP contribution in [0.4, 0.5) is 18.9 Å². The molecule has 4 nitrogen and oxygen atoms in total. The van der Waals surface area contributed by atoms with Crippen molar-refractivity contribution in [3.8, 4) is 0 Å². The van der Waals surface area contributed by atoms with Crippen molar-refractivity contribution >= 4 is 15.7 Å². The maximum absolute atomic E-state index is 13.0. The number of nitrogens with one attached hydrogen (secondary N) is 1. The van der Waals surface area contributed by atoms with Gasteiger partial charge in [0.1, 0.15) is 0 Å². The molecule has 1 atom stereocenters. The quantitative estimate of drug-likeness (QED) is 0.920. The first-order valence-electron chi connectivity index (χ1n) is 7.20. The average molecular weight is 334 g/mol. The fourth-order valence-electron chi connectivity index (χ4n) is 2.77. The molecule has 0 amide bonds. The van der Waals surface area contributed by atoms with Crippen LogP contribution in [0.3, 0.4) is 0 Å². The smallest absolute Gasteiger partial charge is 0.369 e. The molecule has 0 spiro atoms. The van der Waals surface area contributed by atoms with Crippen LogP contribution in [-0.4, -0.2) is 32.8 Å². The van der Waals surface area contributed by atoms with E-state index in [2.05, 4.69) is 4.72 Å². The molecule has 8 heteroatoms. The third-order valence-corrected chi connectivity index (χ3v) is 6.04. The summed E-state index contributed by atoms with van der Waals surface area (Å²) < 4.78 is 65.6. The predicted octanol–water partition coefficient (Wildman–Crippen LogP) is 2.37. The zero-order valence-electron chi connectivity index (χ0n) is 11.8. The zero-order valence-corrected chi connectivity index (χ0v) is 12.6. The van der Waals surface area contributed by atoms with Crippen molar-refractivity contribution < 1.29 is 21.6 Å². The van der Waals surface area contributed by atoms with Gasteiger partial charge in [0, 0.05) is 24.8 Å². The lowest BCUT2D eigenvalue weighted by Gasteiger charge is -2.23. The van der Waals surface area contributed by atoms with Gasteiger partial charge in [0.15, 0.2) is 0 Å². The van der Waals surface area contributed by atoms with E-state index < -0.39 is 21.8 Å². The molecule has 0 radical (unpaired) electrons. The topological polar surface area (TPSA) is 49.4 Å². The summed E-state index contributed by atoms with van der Waals surface area (Å²) in [6.07, 6.45) is -2.56. The van der Waals surface area contributed by atoms with Crippen LogP contribution in [0, 0.1) is 0 Å². The molecular formula is C14H17F3N2O2S. The second-order valence-corrected chi connectivity index (χ2v) is 7.80. The molecule has 1 heterocycles. The Hall–Kier alpha value is -1.28. The lowest BCUT2D eigenvalue weighted by molar-refractivity contribution is -0.137. The fraction of sp³-hybridized carbons (Fsp3) is 0.571. The predicted molar refractivity (Wildman–Crippen MR) is 77.1 cm³/mol. The monoisotopic (exact) mass is 334 g/mol. The van der Waals surface area contributed by atoms with Gasteiger partial charge < -0.3 is 4.90 Å². The Bertz CT molecular complexity index is 656. The van der Waals surface area contributed by atoms with E-state index in [0.29, 0.717) is 25.8 Å². The maximum atomic E-state index is 13.0. The Morgan fingerprint density at radius 2 is 1.82 bits per heavy atom. The van der Waals surface area contributed by atoms with Crippen LogP contribution < -0.4 is 9.62 Å². The molecule has 0 aromatic heterocycles. The summed E-state index contributed by atoms with van der Waals surface area (Å²) >= 11 is 0. The van der Waals surface area contributed by atoms with E-state index in [9.17, 15) is 21.6 Å². The van der Waals surface area contributed by atoms with Crippen molar-refractivity contribution in [1.82, 2.24) is 4.72 Å². The second kappa shape index (κ2) is 5.42. The SMILES string of the molecule is O=S(=O)(NC1CCN(c2ccccc2C(F)(F)F)C1)C1CC1. The van der Waals surface area contributed by atoms with E-state index in [-0.39, 0.29) is 23.5 Å². The van der Waals surface area contributed by atoms with Gasteiger partial charge in [-0.1, -0.05) is 12.1 Å². The first-order chi connectivity index (χ1) is 10.3. The number of halogens is 3. The fourth-order valence-corrected chi connectivity index (χ4v) is 4.38.